The maximum Gasteiger partial charge on any atom is 0.239 e. The van der Waals surface area contributed by atoms with Crippen molar-refractivity contribution >= 4 is 15.7 Å². The molecular weight excluding hydrogens is 312 g/mol. The van der Waals surface area contributed by atoms with Crippen LogP contribution in [-0.2, 0) is 14.6 Å². The summed E-state index contributed by atoms with van der Waals surface area (Å²) in [6.45, 7) is 1.90. The quantitative estimate of drug-likeness (QED) is 0.846. The van der Waals surface area contributed by atoms with E-state index >= 15 is 0 Å². The summed E-state index contributed by atoms with van der Waals surface area (Å²) in [6.07, 6.45) is 1.17. The van der Waals surface area contributed by atoms with Crippen LogP contribution in [0.2, 0.25) is 0 Å². The van der Waals surface area contributed by atoms with E-state index in [0.29, 0.717) is 0 Å². The third-order valence-corrected chi connectivity index (χ3v) is 4.77. The minimum atomic E-state index is -3.22. The fourth-order valence-corrected chi connectivity index (χ4v) is 2.97. The van der Waals surface area contributed by atoms with Gasteiger partial charge in [0.25, 0.3) is 0 Å². The highest BCUT2D eigenvalue weighted by atomic mass is 32.2. The Bertz CT molecular complexity index is 771. The molecule has 0 fully saturated rings. The van der Waals surface area contributed by atoms with E-state index in [1.807, 2.05) is 37.3 Å². The van der Waals surface area contributed by atoms with E-state index in [-0.39, 0.29) is 10.9 Å². The van der Waals surface area contributed by atoms with Gasteiger partial charge in [-0.05, 0) is 30.2 Å². The molecule has 1 amide bonds. The summed E-state index contributed by atoms with van der Waals surface area (Å²) < 4.78 is 23.0. The number of nitrogens with two attached hydrogens (primary N) is 1. The Kier molecular flexibility index (Phi) is 5.18. The monoisotopic (exact) mass is 332 g/mol. The second-order valence-corrected chi connectivity index (χ2v) is 7.49. The highest BCUT2D eigenvalue weighted by Crippen LogP contribution is 2.21. The highest BCUT2D eigenvalue weighted by Gasteiger charge is 2.20. The number of nitrogens with one attached hydrogen (secondary N) is 1. The number of hydrogen-bond donors (Lipinski definition) is 2. The lowest BCUT2D eigenvalue weighted by atomic mass is 10.0. The van der Waals surface area contributed by atoms with Crippen molar-refractivity contribution in [2.45, 2.75) is 23.9 Å². The van der Waals surface area contributed by atoms with Gasteiger partial charge in [0, 0.05) is 12.3 Å². The van der Waals surface area contributed by atoms with E-state index in [1.54, 1.807) is 24.3 Å². The molecule has 0 aliphatic carbocycles. The summed E-state index contributed by atoms with van der Waals surface area (Å²) in [6, 6.07) is 15.0. The van der Waals surface area contributed by atoms with Crippen LogP contribution in [0.1, 0.15) is 30.1 Å². The molecule has 0 saturated carbocycles. The van der Waals surface area contributed by atoms with Gasteiger partial charge in [0.1, 0.15) is 6.04 Å². The summed E-state index contributed by atoms with van der Waals surface area (Å²) in [7, 11) is -3.22. The second kappa shape index (κ2) is 6.93. The van der Waals surface area contributed by atoms with Crippen LogP contribution in [0.4, 0.5) is 0 Å². The average Bonchev–Trinajstić information content (AvgIpc) is 2.52. The number of hydrogen-bond acceptors (Lipinski definition) is 4. The fourth-order valence-electron chi connectivity index (χ4n) is 2.34. The minimum absolute atomic E-state index is 0.165. The average molecular weight is 332 g/mol. The number of carbonyl (C=O) groups excluding carboxylic acids is 1. The van der Waals surface area contributed by atoms with Crippen molar-refractivity contribution in [3.63, 3.8) is 0 Å². The standard InChI is InChI=1S/C17H20N2O3S/c1-12(13-8-10-15(11-9-13)23(2,21)22)19-16(17(18)20)14-6-4-3-5-7-14/h3-12,16,19H,1-2H3,(H2,18,20)/t12-,16-/m0/s1. The Balaban J connectivity index is 2.19. The Hall–Kier alpha value is -2.18. The molecular formula is C17H20N2O3S. The highest BCUT2D eigenvalue weighted by molar-refractivity contribution is 7.90. The molecule has 0 spiro atoms. The van der Waals surface area contributed by atoms with Crippen molar-refractivity contribution in [3.8, 4) is 0 Å². The maximum absolute atomic E-state index is 11.7. The largest absolute Gasteiger partial charge is 0.368 e. The van der Waals surface area contributed by atoms with Crippen molar-refractivity contribution in [1.82, 2.24) is 5.32 Å². The van der Waals surface area contributed by atoms with Crippen LogP contribution in [0.25, 0.3) is 0 Å². The van der Waals surface area contributed by atoms with E-state index < -0.39 is 21.8 Å². The Labute approximate surface area is 136 Å². The Morgan fingerprint density at radius 3 is 2.04 bits per heavy atom. The van der Waals surface area contributed by atoms with Gasteiger partial charge in [-0.15, -0.1) is 0 Å². The van der Waals surface area contributed by atoms with E-state index in [9.17, 15) is 13.2 Å². The van der Waals surface area contributed by atoms with Crippen LogP contribution >= 0.6 is 0 Å². The lowest BCUT2D eigenvalue weighted by molar-refractivity contribution is -0.120. The number of benzene rings is 2. The molecule has 0 radical (unpaired) electrons. The second-order valence-electron chi connectivity index (χ2n) is 5.48. The molecule has 0 heterocycles. The first-order valence-corrected chi connectivity index (χ1v) is 9.08. The zero-order chi connectivity index (χ0) is 17.0. The van der Waals surface area contributed by atoms with Gasteiger partial charge < -0.3 is 5.73 Å². The van der Waals surface area contributed by atoms with Crippen LogP contribution < -0.4 is 11.1 Å². The summed E-state index contributed by atoms with van der Waals surface area (Å²) >= 11 is 0. The molecule has 3 N–H and O–H groups in total. The summed E-state index contributed by atoms with van der Waals surface area (Å²) in [5.41, 5.74) is 7.16. The fraction of sp³-hybridized carbons (Fsp3) is 0.235. The number of amides is 1. The van der Waals surface area contributed by atoms with Crippen LogP contribution in [0.3, 0.4) is 0 Å². The summed E-state index contributed by atoms with van der Waals surface area (Å²) in [4.78, 5) is 12.0. The van der Waals surface area contributed by atoms with Crippen molar-refractivity contribution in [3.05, 3.63) is 65.7 Å². The number of primary amides is 1. The molecule has 0 aliphatic rings. The third kappa shape index (κ3) is 4.40. The van der Waals surface area contributed by atoms with Gasteiger partial charge in [0.15, 0.2) is 9.84 Å². The van der Waals surface area contributed by atoms with Gasteiger partial charge in [0.2, 0.25) is 5.91 Å². The molecule has 0 aromatic heterocycles. The SMILES string of the molecule is C[C@H](N[C@H](C(N)=O)c1ccccc1)c1ccc(S(C)(=O)=O)cc1. The normalized spacial score (nSPS) is 14.2. The molecule has 2 aromatic carbocycles. The van der Waals surface area contributed by atoms with Gasteiger partial charge >= 0.3 is 0 Å². The molecule has 2 aromatic rings. The van der Waals surface area contributed by atoms with Gasteiger partial charge in [0.05, 0.1) is 4.90 Å². The maximum atomic E-state index is 11.7. The van der Waals surface area contributed by atoms with Gasteiger partial charge in [-0.1, -0.05) is 42.5 Å². The first-order chi connectivity index (χ1) is 10.8. The minimum Gasteiger partial charge on any atom is -0.368 e. The molecule has 2 rings (SSSR count). The van der Waals surface area contributed by atoms with Gasteiger partial charge in [-0.3, -0.25) is 10.1 Å². The number of sulfone groups is 1. The zero-order valence-corrected chi connectivity index (χ0v) is 13.9. The molecule has 23 heavy (non-hydrogen) atoms. The summed E-state index contributed by atoms with van der Waals surface area (Å²) in [5, 5.41) is 3.18. The first-order valence-electron chi connectivity index (χ1n) is 7.19. The molecule has 6 heteroatoms. The van der Waals surface area contributed by atoms with E-state index in [1.165, 1.54) is 6.26 Å². The van der Waals surface area contributed by atoms with Crippen molar-refractivity contribution in [2.75, 3.05) is 6.26 Å². The smallest absolute Gasteiger partial charge is 0.239 e. The molecule has 0 unspecified atom stereocenters. The zero-order valence-electron chi connectivity index (χ0n) is 13.1. The molecule has 2 atom stereocenters. The first kappa shape index (κ1) is 17.2. The lowest BCUT2D eigenvalue weighted by Gasteiger charge is -2.21. The van der Waals surface area contributed by atoms with Crippen LogP contribution in [-0.4, -0.2) is 20.6 Å². The molecule has 0 aliphatic heterocycles. The molecule has 122 valence electrons. The van der Waals surface area contributed by atoms with Crippen LogP contribution in [0.5, 0.6) is 0 Å². The van der Waals surface area contributed by atoms with Crippen molar-refractivity contribution in [2.24, 2.45) is 5.73 Å². The third-order valence-electron chi connectivity index (χ3n) is 3.64. The van der Waals surface area contributed by atoms with Crippen molar-refractivity contribution in [1.29, 1.82) is 0 Å². The van der Waals surface area contributed by atoms with Crippen molar-refractivity contribution < 1.29 is 13.2 Å². The van der Waals surface area contributed by atoms with Crippen LogP contribution in [0.15, 0.2) is 59.5 Å². The van der Waals surface area contributed by atoms with E-state index in [0.717, 1.165) is 11.1 Å². The Morgan fingerprint density at radius 2 is 1.57 bits per heavy atom. The number of carbonyl (C=O) groups is 1. The van der Waals surface area contributed by atoms with Gasteiger partial charge in [-0.25, -0.2) is 8.42 Å². The number of rotatable bonds is 6. The Morgan fingerprint density at radius 1 is 1.00 bits per heavy atom. The molecule has 5 nitrogen and oxygen atoms in total. The molecule has 0 bridgehead atoms. The lowest BCUT2D eigenvalue weighted by Crippen LogP contribution is -2.35. The predicted octanol–water partition coefficient (Wildman–Crippen LogP) is 1.97. The topological polar surface area (TPSA) is 89.3 Å². The summed E-state index contributed by atoms with van der Waals surface area (Å²) in [5.74, 6) is -0.462. The van der Waals surface area contributed by atoms with Gasteiger partial charge in [-0.2, -0.15) is 0 Å². The van der Waals surface area contributed by atoms with Crippen LogP contribution in [0, 0.1) is 0 Å². The molecule has 0 saturated heterocycles. The predicted molar refractivity (Wildman–Crippen MR) is 89.5 cm³/mol. The van der Waals surface area contributed by atoms with E-state index in [4.69, 9.17) is 5.73 Å². The van der Waals surface area contributed by atoms with E-state index in [2.05, 4.69) is 5.32 Å².